The first kappa shape index (κ1) is 89.5. The van der Waals surface area contributed by atoms with Crippen LogP contribution in [0.4, 0.5) is 0 Å². The number of benzene rings is 3. The van der Waals surface area contributed by atoms with Crippen LogP contribution < -0.4 is 13.9 Å². The van der Waals surface area contributed by atoms with Gasteiger partial charge in [-0.15, -0.1) is 0 Å². The van der Waals surface area contributed by atoms with E-state index in [1.54, 1.807) is 0 Å². The van der Waals surface area contributed by atoms with Crippen molar-refractivity contribution in [3.05, 3.63) is 118 Å². The summed E-state index contributed by atoms with van der Waals surface area (Å²) in [6, 6.07) is 20.1. The second kappa shape index (κ2) is 39.4. The van der Waals surface area contributed by atoms with Crippen molar-refractivity contribution in [3.63, 3.8) is 0 Å². The van der Waals surface area contributed by atoms with E-state index < -0.39 is 44.4 Å². The standard InChI is InChI=1S/C37H64O6Si2.C22H30O3SeSi.C21H41IO3Si/c1-16-39-31-24-28(4)33(35(38)40-22-23-44(11,12)13)30(25-31)18-17-19-32-34(42-37(9,10)41-32)27(3)21-20-26(2)29(5)43-45(14,15)36(6,7)8;1-6-24-19-14-17(2)21(22(23)25-12-13-27(3,4)5)18(15-19)16-26-20-10-8-7-9-11-20;1-15(17(3)25-26(9,10)20(4,5)6)11-12-16(2)19-18(13-14-22)23-21(7,8)24-19/h17-18,20-21,24-27,29,32,34H,16,19,22-23H2,1-15H3;7-11,14-15H,6,12-13,16H2,1-5H3;11-12,15-19H,13-14H2,1-10H3/b18-17+,21-20-;;12-11-/t26-,27?,29+,32+,34-;;15-,16?,17+,18+,19-/m1.1/s1. The van der Waals surface area contributed by atoms with Crippen LogP contribution in [0.3, 0.4) is 0 Å². The van der Waals surface area contributed by atoms with Gasteiger partial charge in [-0.25, -0.2) is 4.79 Å². The average molecular weight is 1610 g/mol. The van der Waals surface area contributed by atoms with E-state index in [1.807, 2.05) is 91.8 Å². The molecule has 10 atom stereocenters. The van der Waals surface area contributed by atoms with Crippen molar-refractivity contribution in [2.24, 2.45) is 23.7 Å². The van der Waals surface area contributed by atoms with E-state index in [-0.39, 0.29) is 85.4 Å². The van der Waals surface area contributed by atoms with Gasteiger partial charge in [-0.3, -0.25) is 0 Å². The summed E-state index contributed by atoms with van der Waals surface area (Å²) in [6.07, 6.45) is 15.3. The summed E-state index contributed by atoms with van der Waals surface area (Å²) in [7, 11) is -6.12. The maximum atomic E-state index is 13.2. The van der Waals surface area contributed by atoms with Crippen LogP contribution in [0.15, 0.2) is 85.0 Å². The Labute approximate surface area is 621 Å². The summed E-state index contributed by atoms with van der Waals surface area (Å²) >= 11 is 2.67. The molecule has 2 saturated heterocycles. The summed E-state index contributed by atoms with van der Waals surface area (Å²) in [5, 5.41) is 1.26. The molecule has 0 aliphatic carbocycles. The third kappa shape index (κ3) is 30.5. The van der Waals surface area contributed by atoms with Crippen molar-refractivity contribution in [1.82, 2.24) is 0 Å². The minimum absolute atomic E-state index is 0.104. The van der Waals surface area contributed by atoms with Gasteiger partial charge >= 0.3 is 177 Å². The molecule has 0 N–H and O–H groups in total. The molecule has 556 valence electrons. The number of rotatable bonds is 32. The molecule has 98 heavy (non-hydrogen) atoms. The Morgan fingerprint density at radius 1 is 0.592 bits per heavy atom. The van der Waals surface area contributed by atoms with Crippen LogP contribution >= 0.6 is 22.6 Å². The number of hydrogen-bond acceptors (Lipinski definition) is 12. The first-order valence-corrected chi connectivity index (χ1v) is 53.1. The van der Waals surface area contributed by atoms with Gasteiger partial charge in [0, 0.05) is 36.5 Å². The summed E-state index contributed by atoms with van der Waals surface area (Å²) < 4.78 is 63.6. The van der Waals surface area contributed by atoms with Crippen LogP contribution in [0.25, 0.3) is 6.08 Å². The first-order valence-electron chi connectivity index (χ1n) is 36.3. The molecule has 2 unspecified atom stereocenters. The van der Waals surface area contributed by atoms with Crippen LogP contribution in [-0.2, 0) is 42.6 Å². The van der Waals surface area contributed by atoms with Gasteiger partial charge < -0.3 is 37.3 Å². The second-order valence-corrected chi connectivity index (χ2v) is 57.6. The molecule has 12 nitrogen and oxygen atoms in total. The van der Waals surface area contributed by atoms with E-state index in [0.717, 1.165) is 62.0 Å². The average Bonchev–Trinajstić information content (AvgIpc) is 1.41. The van der Waals surface area contributed by atoms with Gasteiger partial charge in [-0.05, 0) is 146 Å². The molecule has 2 aliphatic heterocycles. The predicted molar refractivity (Wildman–Crippen MR) is 432 cm³/mol. The normalized spacial score (nSPS) is 20.2. The monoisotopic (exact) mass is 1610 g/mol. The Kier molecular flexibility index (Phi) is 36.0. The molecule has 18 heteroatoms. The Morgan fingerprint density at radius 3 is 1.44 bits per heavy atom. The molecule has 5 rings (SSSR count). The zero-order chi connectivity index (χ0) is 74.6. The van der Waals surface area contributed by atoms with Gasteiger partial charge in [0.05, 0.1) is 43.2 Å². The topological polar surface area (TPSA) is 126 Å². The van der Waals surface area contributed by atoms with Gasteiger partial charge in [-0.2, -0.15) is 0 Å². The molecule has 3 aromatic carbocycles. The van der Waals surface area contributed by atoms with Gasteiger partial charge in [-0.1, -0.05) is 148 Å². The van der Waals surface area contributed by atoms with Crippen molar-refractivity contribution in [3.8, 4) is 11.5 Å². The fourth-order valence-corrected chi connectivity index (χ4v) is 17.8. The fraction of sp³-hybridized carbons (Fsp3) is 0.675. The number of aryl methyl sites for hydroxylation is 2. The number of carbonyl (C=O) groups excluding carboxylic acids is 2. The Balaban J connectivity index is 0.000000406. The SMILES string of the molecule is CC(/C=C\[C@@H](C)[C@H](C)O[Si](C)(C)C(C)(C)C)[C@H]1OC(C)(C)O[C@H]1CCI.CCOc1cc(C)c(C(=O)OCC[Si](C)(C)C)c(/C=C/C[C@@H]2OC(C)(C)O[C@@H]2C(C)/C=C\[C@@H](C)[C@H](C)O[Si](C)(C)C(C)(C)C)c1.CCOc1cc(C)c(C(=O)OCC[Si](C)(C)C)c(C[Se]c2ccccc2)c1. The molecular weight excluding hydrogens is 1470 g/mol. The van der Waals surface area contributed by atoms with Gasteiger partial charge in [0.25, 0.3) is 0 Å². The number of carbonyl (C=O) groups is 2. The number of halogens is 1. The van der Waals surface area contributed by atoms with Crippen molar-refractivity contribution in [2.75, 3.05) is 30.9 Å². The predicted octanol–water partition coefficient (Wildman–Crippen LogP) is 21.0. The summed E-state index contributed by atoms with van der Waals surface area (Å²) in [4.78, 5) is 26.1. The van der Waals surface area contributed by atoms with E-state index in [9.17, 15) is 9.59 Å². The third-order valence-corrected chi connectivity index (χ3v) is 34.5. The maximum absolute atomic E-state index is 13.2. The van der Waals surface area contributed by atoms with E-state index in [4.69, 9.17) is 46.7 Å². The molecule has 2 aliphatic rings. The van der Waals surface area contributed by atoms with Crippen LogP contribution in [0.5, 0.6) is 11.5 Å². The molecule has 2 heterocycles. The number of alkyl halides is 1. The van der Waals surface area contributed by atoms with E-state index >= 15 is 0 Å². The van der Waals surface area contributed by atoms with Gasteiger partial charge in [0.2, 0.25) is 0 Å². The third-order valence-electron chi connectivity index (χ3n) is 19.1. The fourth-order valence-electron chi connectivity index (χ4n) is 10.8. The summed E-state index contributed by atoms with van der Waals surface area (Å²) in [5.74, 6) is 1.06. The van der Waals surface area contributed by atoms with Gasteiger partial charge in [0.1, 0.15) is 5.75 Å². The number of ether oxygens (including phenoxy) is 8. The molecule has 0 radical (unpaired) electrons. The van der Waals surface area contributed by atoms with E-state index in [2.05, 4.69) is 226 Å². The van der Waals surface area contributed by atoms with Crippen LogP contribution in [0.2, 0.25) is 87.6 Å². The number of esters is 2. The molecule has 3 aromatic rings. The van der Waals surface area contributed by atoms with Crippen molar-refractivity contribution in [1.29, 1.82) is 0 Å². The van der Waals surface area contributed by atoms with Crippen molar-refractivity contribution in [2.45, 2.75) is 292 Å². The van der Waals surface area contributed by atoms with E-state index in [1.165, 1.54) is 4.46 Å². The second-order valence-electron chi connectivity index (χ2n) is 33.6. The molecule has 0 bridgehead atoms. The Morgan fingerprint density at radius 2 is 1.01 bits per heavy atom. The summed E-state index contributed by atoms with van der Waals surface area (Å²) in [6.45, 7) is 67.9. The molecule has 2 fully saturated rings. The molecule has 0 aromatic heterocycles. The number of hydrogen-bond donors (Lipinski definition) is 0. The van der Waals surface area contributed by atoms with Crippen LogP contribution in [0.1, 0.15) is 180 Å². The summed E-state index contributed by atoms with van der Waals surface area (Å²) in [5.41, 5.74) is 4.90. The Bertz CT molecular complexity index is 3010. The zero-order valence-electron chi connectivity index (χ0n) is 66.7. The van der Waals surface area contributed by atoms with Crippen LogP contribution in [-0.4, -0.2) is 139 Å². The zero-order valence-corrected chi connectivity index (χ0v) is 74.6. The molecule has 0 saturated carbocycles. The minimum atomic E-state index is -1.85. The van der Waals surface area contributed by atoms with Crippen LogP contribution in [0, 0.1) is 37.5 Å². The first-order chi connectivity index (χ1) is 45.1. The molecule has 0 spiro atoms. The molecular formula is C80H135IO12SeSi4. The quantitative estimate of drug-likeness (QED) is 0.0194. The molecule has 0 amide bonds. The van der Waals surface area contributed by atoms with Gasteiger partial charge in [0.15, 0.2) is 28.2 Å². The van der Waals surface area contributed by atoms with Crippen molar-refractivity contribution < 1.29 is 56.3 Å². The Hall–Kier alpha value is -2.70. The van der Waals surface area contributed by atoms with E-state index in [0.29, 0.717) is 55.8 Å². The van der Waals surface area contributed by atoms with Crippen molar-refractivity contribution >= 4 is 92.8 Å².